The number of methoxy groups -OCH3 is 2. The van der Waals surface area contributed by atoms with E-state index in [-0.39, 0.29) is 24.8 Å². The molecule has 0 bridgehead atoms. The number of carbonyl (C=O) groups excluding carboxylic acids is 4. The highest BCUT2D eigenvalue weighted by Crippen LogP contribution is 2.36. The molecule has 0 aliphatic carbocycles. The quantitative estimate of drug-likeness (QED) is 0.661. The zero-order valence-corrected chi connectivity index (χ0v) is 15.8. The minimum Gasteiger partial charge on any atom is -0.497 e. The molecule has 3 amide bonds. The molecule has 0 unspecified atom stereocenters. The van der Waals surface area contributed by atoms with Gasteiger partial charge in [0.15, 0.2) is 6.61 Å². The molecule has 1 aromatic carbocycles. The highest BCUT2D eigenvalue weighted by Gasteiger charge is 2.38. The van der Waals surface area contributed by atoms with E-state index in [0.717, 1.165) is 4.90 Å². The first kappa shape index (κ1) is 19.7. The van der Waals surface area contributed by atoms with E-state index in [2.05, 4.69) is 0 Å². The second-order valence-electron chi connectivity index (χ2n) is 6.59. The summed E-state index contributed by atoms with van der Waals surface area (Å²) < 4.78 is 15.5. The number of ether oxygens (including phenoxy) is 3. The first-order chi connectivity index (χ1) is 13.4. The molecule has 2 heterocycles. The molecule has 2 fully saturated rings. The van der Waals surface area contributed by atoms with Crippen molar-refractivity contribution in [2.24, 2.45) is 5.92 Å². The van der Waals surface area contributed by atoms with Crippen LogP contribution in [0.15, 0.2) is 18.2 Å². The van der Waals surface area contributed by atoms with E-state index in [1.807, 2.05) is 0 Å². The van der Waals surface area contributed by atoms with Crippen LogP contribution in [-0.4, -0.2) is 62.5 Å². The van der Waals surface area contributed by atoms with Gasteiger partial charge in [-0.3, -0.25) is 24.1 Å². The van der Waals surface area contributed by atoms with Crippen LogP contribution in [0.4, 0.5) is 5.69 Å². The molecule has 28 heavy (non-hydrogen) atoms. The third-order valence-corrected chi connectivity index (χ3v) is 4.85. The summed E-state index contributed by atoms with van der Waals surface area (Å²) in [7, 11) is 3.01. The van der Waals surface area contributed by atoms with Gasteiger partial charge >= 0.3 is 5.97 Å². The van der Waals surface area contributed by atoms with E-state index in [0.29, 0.717) is 36.6 Å². The number of esters is 1. The summed E-state index contributed by atoms with van der Waals surface area (Å²) in [6.45, 7) is -0.0273. The number of likely N-dealkylation sites (tertiary alicyclic amines) is 1. The van der Waals surface area contributed by atoms with E-state index in [1.54, 1.807) is 18.2 Å². The van der Waals surface area contributed by atoms with Crippen molar-refractivity contribution in [3.63, 3.8) is 0 Å². The SMILES string of the molecule is COc1ccc(N2C[C@H](C(=O)OCC(=O)N3CCCC3=O)CC2=O)c(OC)c1. The Balaban J connectivity index is 1.61. The van der Waals surface area contributed by atoms with Crippen LogP contribution in [0.5, 0.6) is 11.5 Å². The van der Waals surface area contributed by atoms with Gasteiger partial charge in [0.2, 0.25) is 11.8 Å². The molecule has 0 saturated carbocycles. The maximum Gasteiger partial charge on any atom is 0.311 e. The van der Waals surface area contributed by atoms with Crippen molar-refractivity contribution < 1.29 is 33.4 Å². The Morgan fingerprint density at radius 2 is 1.93 bits per heavy atom. The molecule has 0 aromatic heterocycles. The lowest BCUT2D eigenvalue weighted by Gasteiger charge is -2.20. The Morgan fingerprint density at radius 3 is 2.57 bits per heavy atom. The fourth-order valence-electron chi connectivity index (χ4n) is 3.35. The third-order valence-electron chi connectivity index (χ3n) is 4.85. The fourth-order valence-corrected chi connectivity index (χ4v) is 3.35. The first-order valence-electron chi connectivity index (χ1n) is 8.96. The third kappa shape index (κ3) is 3.92. The maximum absolute atomic E-state index is 12.4. The summed E-state index contributed by atoms with van der Waals surface area (Å²) in [4.78, 5) is 50.8. The molecule has 0 spiro atoms. The van der Waals surface area contributed by atoms with Crippen LogP contribution in [0.3, 0.4) is 0 Å². The van der Waals surface area contributed by atoms with E-state index >= 15 is 0 Å². The van der Waals surface area contributed by atoms with Gasteiger partial charge in [0, 0.05) is 32.0 Å². The number of hydrogen-bond acceptors (Lipinski definition) is 7. The zero-order valence-electron chi connectivity index (χ0n) is 15.8. The molecule has 0 N–H and O–H groups in total. The largest absolute Gasteiger partial charge is 0.497 e. The predicted octanol–water partition coefficient (Wildman–Crippen LogP) is 0.749. The molecular weight excluding hydrogens is 368 g/mol. The Morgan fingerprint density at radius 1 is 1.14 bits per heavy atom. The second kappa shape index (κ2) is 8.28. The van der Waals surface area contributed by atoms with E-state index in [9.17, 15) is 19.2 Å². The Hall–Kier alpha value is -3.10. The highest BCUT2D eigenvalue weighted by atomic mass is 16.5. The number of rotatable bonds is 6. The van der Waals surface area contributed by atoms with Crippen molar-refractivity contribution in [1.29, 1.82) is 0 Å². The van der Waals surface area contributed by atoms with Crippen molar-refractivity contribution in [3.05, 3.63) is 18.2 Å². The average molecular weight is 390 g/mol. The normalized spacial score (nSPS) is 19.1. The van der Waals surface area contributed by atoms with Crippen LogP contribution in [0.2, 0.25) is 0 Å². The van der Waals surface area contributed by atoms with Crippen LogP contribution < -0.4 is 14.4 Å². The zero-order chi connectivity index (χ0) is 20.3. The molecule has 2 aliphatic heterocycles. The van der Waals surface area contributed by atoms with Gasteiger partial charge in [0.25, 0.3) is 5.91 Å². The summed E-state index contributed by atoms with van der Waals surface area (Å²) >= 11 is 0. The molecule has 0 radical (unpaired) electrons. The van der Waals surface area contributed by atoms with Crippen molar-refractivity contribution in [3.8, 4) is 11.5 Å². The van der Waals surface area contributed by atoms with Gasteiger partial charge in [0.05, 0.1) is 25.8 Å². The topological polar surface area (TPSA) is 102 Å². The van der Waals surface area contributed by atoms with Crippen LogP contribution in [0, 0.1) is 5.92 Å². The standard InChI is InChI=1S/C19H22N2O7/c1-26-13-5-6-14(15(9-13)27-2)21-10-12(8-17(21)23)19(25)28-11-18(24)20-7-3-4-16(20)22/h5-6,9,12H,3-4,7-8,10-11H2,1-2H3/t12-/m1/s1. The molecule has 3 rings (SSSR count). The predicted molar refractivity (Wildman–Crippen MR) is 96.9 cm³/mol. The van der Waals surface area contributed by atoms with Gasteiger partial charge in [-0.1, -0.05) is 0 Å². The lowest BCUT2D eigenvalue weighted by Crippen LogP contribution is -2.36. The van der Waals surface area contributed by atoms with Gasteiger partial charge in [-0.15, -0.1) is 0 Å². The maximum atomic E-state index is 12.4. The number of imide groups is 1. The number of anilines is 1. The minimum atomic E-state index is -0.693. The van der Waals surface area contributed by atoms with Gasteiger partial charge in [0.1, 0.15) is 11.5 Å². The van der Waals surface area contributed by atoms with Gasteiger partial charge in [-0.05, 0) is 18.6 Å². The number of amides is 3. The molecule has 150 valence electrons. The van der Waals surface area contributed by atoms with Crippen LogP contribution >= 0.6 is 0 Å². The first-order valence-corrected chi connectivity index (χ1v) is 8.96. The van der Waals surface area contributed by atoms with Gasteiger partial charge in [-0.2, -0.15) is 0 Å². The molecule has 1 aromatic rings. The molecule has 2 saturated heterocycles. The Kier molecular flexibility index (Phi) is 5.81. The van der Waals surface area contributed by atoms with Crippen molar-refractivity contribution in [2.45, 2.75) is 19.3 Å². The molecule has 1 atom stereocenters. The summed E-state index contributed by atoms with van der Waals surface area (Å²) in [5, 5.41) is 0. The number of carbonyl (C=O) groups is 4. The monoisotopic (exact) mass is 390 g/mol. The molecule has 9 heteroatoms. The summed E-state index contributed by atoms with van der Waals surface area (Å²) in [5.41, 5.74) is 0.530. The van der Waals surface area contributed by atoms with Crippen molar-refractivity contribution in [2.75, 3.05) is 38.8 Å². The lowest BCUT2D eigenvalue weighted by atomic mass is 10.1. The summed E-state index contributed by atoms with van der Waals surface area (Å²) in [6.07, 6.45) is 0.925. The van der Waals surface area contributed by atoms with Gasteiger partial charge < -0.3 is 19.1 Å². The number of hydrogen-bond donors (Lipinski definition) is 0. The van der Waals surface area contributed by atoms with Crippen LogP contribution in [0.25, 0.3) is 0 Å². The Labute approximate surface area is 162 Å². The van der Waals surface area contributed by atoms with E-state index in [1.165, 1.54) is 19.1 Å². The lowest BCUT2D eigenvalue weighted by molar-refractivity contribution is -0.157. The van der Waals surface area contributed by atoms with Crippen molar-refractivity contribution >= 4 is 29.4 Å². The fraction of sp³-hybridized carbons (Fsp3) is 0.474. The smallest absolute Gasteiger partial charge is 0.311 e. The Bertz CT molecular complexity index is 807. The summed E-state index contributed by atoms with van der Waals surface area (Å²) in [5.74, 6) is -1.33. The summed E-state index contributed by atoms with van der Waals surface area (Å²) in [6, 6.07) is 5.04. The van der Waals surface area contributed by atoms with Gasteiger partial charge in [-0.25, -0.2) is 0 Å². The number of nitrogens with zero attached hydrogens (tertiary/aromatic N) is 2. The molecule has 9 nitrogen and oxygen atoms in total. The minimum absolute atomic E-state index is 0.0230. The molecular formula is C19H22N2O7. The average Bonchev–Trinajstić information content (AvgIpc) is 3.30. The second-order valence-corrected chi connectivity index (χ2v) is 6.59. The van der Waals surface area contributed by atoms with Crippen molar-refractivity contribution in [1.82, 2.24) is 4.90 Å². The van der Waals surface area contributed by atoms with E-state index in [4.69, 9.17) is 14.2 Å². The van der Waals surface area contributed by atoms with E-state index < -0.39 is 24.4 Å². The molecule has 2 aliphatic rings. The number of benzene rings is 1. The highest BCUT2D eigenvalue weighted by molar-refractivity contribution is 6.01. The van der Waals surface area contributed by atoms with Crippen LogP contribution in [-0.2, 0) is 23.9 Å². The van der Waals surface area contributed by atoms with Crippen LogP contribution in [0.1, 0.15) is 19.3 Å².